The van der Waals surface area contributed by atoms with Gasteiger partial charge < -0.3 is 11.1 Å². The van der Waals surface area contributed by atoms with Crippen molar-refractivity contribution in [2.24, 2.45) is 5.73 Å². The van der Waals surface area contributed by atoms with Gasteiger partial charge in [-0.25, -0.2) is 0 Å². The van der Waals surface area contributed by atoms with Crippen molar-refractivity contribution in [2.75, 3.05) is 10.2 Å². The number of benzene rings is 2. The number of nitriles is 1. The second-order valence-corrected chi connectivity index (χ2v) is 7.84. The number of nitrogens with one attached hydrogen (secondary N) is 1. The Hall–Kier alpha value is -3.85. The number of allylic oxidation sites excluding steroid dienone is 1. The number of ketones is 1. The van der Waals surface area contributed by atoms with Crippen molar-refractivity contribution >= 4 is 23.1 Å². The van der Waals surface area contributed by atoms with Crippen molar-refractivity contribution in [1.82, 2.24) is 0 Å². The highest BCUT2D eigenvalue weighted by Crippen LogP contribution is 2.55. The van der Waals surface area contributed by atoms with Gasteiger partial charge in [0.15, 0.2) is 5.78 Å². The molecule has 0 aromatic heterocycles. The zero-order valence-corrected chi connectivity index (χ0v) is 16.5. The summed E-state index contributed by atoms with van der Waals surface area (Å²) in [7, 11) is 0. The zero-order chi connectivity index (χ0) is 21.0. The lowest BCUT2D eigenvalue weighted by Gasteiger charge is -2.43. The van der Waals surface area contributed by atoms with E-state index in [0.717, 1.165) is 11.3 Å². The molecule has 2 aliphatic heterocycles. The number of para-hydroxylation sites is 2. The summed E-state index contributed by atoms with van der Waals surface area (Å²) in [5, 5.41) is 13.1. The topological polar surface area (TPSA) is 99.2 Å². The van der Waals surface area contributed by atoms with Gasteiger partial charge in [0.1, 0.15) is 17.3 Å². The van der Waals surface area contributed by atoms with E-state index in [-0.39, 0.29) is 17.2 Å². The smallest absolute Gasteiger partial charge is 0.245 e. The molecule has 6 heteroatoms. The summed E-state index contributed by atoms with van der Waals surface area (Å²) in [5.74, 6) is -0.301. The molecule has 2 aromatic carbocycles. The highest BCUT2D eigenvalue weighted by Gasteiger charge is 2.60. The first kappa shape index (κ1) is 18.2. The summed E-state index contributed by atoms with van der Waals surface area (Å²) in [4.78, 5) is 28.6. The second-order valence-electron chi connectivity index (χ2n) is 7.84. The van der Waals surface area contributed by atoms with Crippen LogP contribution in [0.5, 0.6) is 0 Å². The first-order valence-corrected chi connectivity index (χ1v) is 9.95. The molecule has 2 heterocycles. The molecule has 0 unspecified atom stereocenters. The van der Waals surface area contributed by atoms with Gasteiger partial charge in [0.25, 0.3) is 0 Å². The van der Waals surface area contributed by atoms with Gasteiger partial charge in [-0.2, -0.15) is 5.26 Å². The van der Waals surface area contributed by atoms with Crippen LogP contribution in [0.2, 0.25) is 0 Å². The van der Waals surface area contributed by atoms with Crippen LogP contribution < -0.4 is 16.0 Å². The Morgan fingerprint density at radius 3 is 2.60 bits per heavy atom. The van der Waals surface area contributed by atoms with Crippen LogP contribution in [-0.2, 0) is 15.0 Å². The summed E-state index contributed by atoms with van der Waals surface area (Å²) in [5.41, 5.74) is 9.31. The third-order valence-electron chi connectivity index (χ3n) is 6.29. The van der Waals surface area contributed by atoms with E-state index in [4.69, 9.17) is 5.73 Å². The Labute approximate surface area is 174 Å². The van der Waals surface area contributed by atoms with E-state index in [1.54, 1.807) is 17.0 Å². The molecule has 1 atom stereocenters. The molecule has 1 amide bonds. The van der Waals surface area contributed by atoms with Crippen LogP contribution in [-0.4, -0.2) is 11.7 Å². The minimum absolute atomic E-state index is 0.0993. The van der Waals surface area contributed by atoms with Crippen LogP contribution in [0, 0.1) is 18.3 Å². The Balaban J connectivity index is 1.91. The van der Waals surface area contributed by atoms with E-state index >= 15 is 0 Å². The van der Waals surface area contributed by atoms with E-state index in [1.807, 2.05) is 43.3 Å². The quantitative estimate of drug-likeness (QED) is 0.770. The minimum atomic E-state index is -1.50. The number of aryl methyl sites for hydroxylation is 1. The predicted octanol–water partition coefficient (Wildman–Crippen LogP) is 3.41. The third kappa shape index (κ3) is 2.12. The Kier molecular flexibility index (Phi) is 3.84. The van der Waals surface area contributed by atoms with Gasteiger partial charge in [0.05, 0.1) is 11.3 Å². The van der Waals surface area contributed by atoms with Gasteiger partial charge >= 0.3 is 0 Å². The molecule has 1 spiro atoms. The number of anilines is 2. The fourth-order valence-electron chi connectivity index (χ4n) is 5.04. The van der Waals surface area contributed by atoms with Crippen molar-refractivity contribution < 1.29 is 9.59 Å². The van der Waals surface area contributed by atoms with Gasteiger partial charge in [0.2, 0.25) is 5.91 Å². The summed E-state index contributed by atoms with van der Waals surface area (Å²) in [6, 6.07) is 17.1. The molecule has 3 N–H and O–H groups in total. The van der Waals surface area contributed by atoms with Gasteiger partial charge in [-0.1, -0.05) is 36.4 Å². The van der Waals surface area contributed by atoms with Crippen molar-refractivity contribution in [2.45, 2.75) is 31.6 Å². The van der Waals surface area contributed by atoms with E-state index in [9.17, 15) is 14.9 Å². The Bertz CT molecular complexity index is 1230. The summed E-state index contributed by atoms with van der Waals surface area (Å²) in [6.45, 7) is 1.96. The number of nitrogens with zero attached hydrogens (tertiary/aromatic N) is 2. The van der Waals surface area contributed by atoms with Gasteiger partial charge in [0, 0.05) is 28.9 Å². The molecule has 6 nitrogen and oxygen atoms in total. The molecule has 1 aliphatic carbocycles. The number of hydrogen-bond donors (Lipinski definition) is 2. The number of rotatable bonds is 1. The third-order valence-corrected chi connectivity index (χ3v) is 6.29. The number of carbonyl (C=O) groups excluding carboxylic acids is 2. The maximum absolute atomic E-state index is 13.5. The van der Waals surface area contributed by atoms with E-state index in [2.05, 4.69) is 11.4 Å². The molecular weight excluding hydrogens is 376 g/mol. The number of amides is 1. The van der Waals surface area contributed by atoms with Crippen molar-refractivity contribution in [3.8, 4) is 6.07 Å². The Morgan fingerprint density at radius 1 is 1.10 bits per heavy atom. The Morgan fingerprint density at radius 2 is 1.83 bits per heavy atom. The molecule has 0 radical (unpaired) electrons. The van der Waals surface area contributed by atoms with E-state index < -0.39 is 11.3 Å². The summed E-state index contributed by atoms with van der Waals surface area (Å²) < 4.78 is 0. The molecule has 0 saturated heterocycles. The molecule has 2 aromatic rings. The van der Waals surface area contributed by atoms with Gasteiger partial charge in [-0.15, -0.1) is 0 Å². The molecule has 5 rings (SSSR count). The maximum atomic E-state index is 13.5. The molecular formula is C24H20N4O2. The molecule has 0 saturated carbocycles. The van der Waals surface area contributed by atoms with E-state index in [0.29, 0.717) is 41.8 Å². The highest BCUT2D eigenvalue weighted by atomic mass is 16.2. The molecule has 3 aliphatic rings. The fraction of sp³-hybridized carbons (Fsp3) is 0.208. The van der Waals surface area contributed by atoms with Crippen molar-refractivity contribution in [3.05, 3.63) is 82.3 Å². The maximum Gasteiger partial charge on any atom is 0.245 e. The average Bonchev–Trinajstić information content (AvgIpc) is 3.02. The highest BCUT2D eigenvalue weighted by molar-refractivity contribution is 6.19. The minimum Gasteiger partial charge on any atom is -0.384 e. The lowest BCUT2D eigenvalue weighted by molar-refractivity contribution is -0.122. The number of carbonyl (C=O) groups is 2. The fourth-order valence-corrected chi connectivity index (χ4v) is 5.04. The SMILES string of the molecule is Cc1ccccc1N1C(N)=C(C#N)[C@]2(C(=O)Nc3ccccc32)C2=C1CCCC2=O. The molecule has 0 fully saturated rings. The normalized spacial score (nSPS) is 22.7. The predicted molar refractivity (Wildman–Crippen MR) is 113 cm³/mol. The largest absolute Gasteiger partial charge is 0.384 e. The van der Waals surface area contributed by atoms with Crippen LogP contribution in [0.3, 0.4) is 0 Å². The standard InChI is InChI=1S/C24H20N4O2/c1-14-7-2-5-10-18(14)28-19-11-6-12-20(29)21(19)24(16(13-25)22(28)26)15-8-3-4-9-17(15)27-23(24)30/h2-5,7-10H,6,11-12,26H2,1H3,(H,27,30)/t24-/m0/s1. The van der Waals surface area contributed by atoms with Gasteiger partial charge in [-0.3, -0.25) is 14.5 Å². The number of Topliss-reactive ketones (excluding diaryl/α,β-unsaturated/α-hetero) is 1. The molecule has 148 valence electrons. The van der Waals surface area contributed by atoms with Crippen LogP contribution in [0.25, 0.3) is 0 Å². The van der Waals surface area contributed by atoms with Crippen molar-refractivity contribution in [3.63, 3.8) is 0 Å². The summed E-state index contributed by atoms with van der Waals surface area (Å²) in [6.07, 6.45) is 1.62. The number of nitrogens with two attached hydrogens (primary N) is 1. The first-order valence-electron chi connectivity index (χ1n) is 9.95. The van der Waals surface area contributed by atoms with Crippen LogP contribution >= 0.6 is 0 Å². The number of hydrogen-bond acceptors (Lipinski definition) is 5. The lowest BCUT2D eigenvalue weighted by Crippen LogP contribution is -2.50. The van der Waals surface area contributed by atoms with Gasteiger partial charge in [-0.05, 0) is 37.5 Å². The second kappa shape index (κ2) is 6.33. The first-order chi connectivity index (χ1) is 14.5. The number of fused-ring (bicyclic) bond motifs is 3. The van der Waals surface area contributed by atoms with Crippen LogP contribution in [0.15, 0.2) is 71.2 Å². The molecule has 30 heavy (non-hydrogen) atoms. The average molecular weight is 396 g/mol. The van der Waals surface area contributed by atoms with E-state index in [1.165, 1.54) is 0 Å². The zero-order valence-electron chi connectivity index (χ0n) is 16.5. The monoisotopic (exact) mass is 396 g/mol. The van der Waals surface area contributed by atoms with Crippen LogP contribution in [0.1, 0.15) is 30.4 Å². The lowest BCUT2D eigenvalue weighted by atomic mass is 9.64. The van der Waals surface area contributed by atoms with Crippen LogP contribution in [0.4, 0.5) is 11.4 Å². The molecule has 0 bridgehead atoms. The summed E-state index contributed by atoms with van der Waals surface area (Å²) >= 11 is 0. The van der Waals surface area contributed by atoms with Crippen molar-refractivity contribution in [1.29, 1.82) is 5.26 Å².